The Balaban J connectivity index is 1.93. The Morgan fingerprint density at radius 3 is 2.10 bits per heavy atom. The van der Waals surface area contributed by atoms with Crippen LogP contribution in [0.5, 0.6) is 0 Å². The van der Waals surface area contributed by atoms with Gasteiger partial charge >= 0.3 is 0 Å². The monoisotopic (exact) mass is 588 g/mol. The molecule has 0 heterocycles. The molecule has 0 aromatic rings. The lowest BCUT2D eigenvalue weighted by atomic mass is 9.51. The third-order valence-corrected chi connectivity index (χ3v) is 20.5. The minimum atomic E-state index is -1.94. The Hall–Kier alpha value is -0.386. The normalized spacial score (nSPS) is 30.3. The average molecular weight is 589 g/mol. The maximum atomic E-state index is 9.21. The van der Waals surface area contributed by atoms with Crippen molar-refractivity contribution in [2.75, 3.05) is 6.61 Å². The van der Waals surface area contributed by atoms with E-state index in [-0.39, 0.29) is 28.2 Å². The van der Waals surface area contributed by atoms with Crippen LogP contribution >= 0.6 is 0 Å². The Bertz CT molecular complexity index is 908. The number of fused-ring (bicyclic) bond motifs is 1. The zero-order chi connectivity index (χ0) is 29.9. The second-order valence-corrected chi connectivity index (χ2v) is 25.9. The minimum Gasteiger partial charge on any atom is -0.413 e. The topological polar surface area (TPSA) is 38.7 Å². The summed E-state index contributed by atoms with van der Waals surface area (Å²) >= 11 is 0. The lowest BCUT2D eigenvalue weighted by Crippen LogP contribution is -2.54. The molecule has 6 atom stereocenters. The molecule has 0 radical (unpaired) electrons. The lowest BCUT2D eigenvalue weighted by Gasteiger charge is -2.55. The highest BCUT2D eigenvalue weighted by Gasteiger charge is 2.53. The first kappa shape index (κ1) is 34.1. The number of hydrogen-bond donors (Lipinski definition) is 1. The van der Waals surface area contributed by atoms with Crippen molar-refractivity contribution in [1.82, 2.24) is 0 Å². The molecule has 0 aromatic carbocycles. The van der Waals surface area contributed by atoms with E-state index in [1.165, 1.54) is 38.5 Å². The van der Waals surface area contributed by atoms with Crippen LogP contribution < -0.4 is 0 Å². The second kappa shape index (κ2) is 13.5. The molecule has 5 heteroatoms. The molecule has 2 unspecified atom stereocenters. The van der Waals surface area contributed by atoms with Crippen LogP contribution in [0.3, 0.4) is 0 Å². The summed E-state index contributed by atoms with van der Waals surface area (Å²) in [6, 6.07) is 0. The molecule has 3 rings (SSSR count). The van der Waals surface area contributed by atoms with Crippen LogP contribution in [-0.4, -0.2) is 40.6 Å². The van der Waals surface area contributed by atoms with Crippen molar-refractivity contribution in [3.05, 3.63) is 11.6 Å². The number of aliphatic hydroxyl groups is 1. The molecule has 0 bridgehead atoms. The van der Waals surface area contributed by atoms with Crippen LogP contribution in [-0.2, 0) is 8.85 Å². The smallest absolute Gasteiger partial charge is 0.193 e. The summed E-state index contributed by atoms with van der Waals surface area (Å²) in [4.78, 5) is 0. The maximum absolute atomic E-state index is 9.21. The molecule has 3 nitrogen and oxygen atoms in total. The highest BCUT2D eigenvalue weighted by molar-refractivity contribution is 6.74. The minimum absolute atomic E-state index is 0.0546. The SMILES string of the molecule is CC1C(=CCCCCO)[C@H]2CC[C@@H](O[Si](C)(C)C(C)(C)C)[C@H](C#CC(O[Si](C)(C)C(C)(C)C)C3CCCCC3)[C@@H]12. The second-order valence-electron chi connectivity index (χ2n) is 16.4. The van der Waals surface area contributed by atoms with Crippen LogP contribution in [0.25, 0.3) is 0 Å². The van der Waals surface area contributed by atoms with Crippen molar-refractivity contribution in [2.24, 2.45) is 29.6 Å². The first-order valence-corrected chi connectivity index (χ1v) is 22.5. The van der Waals surface area contributed by atoms with Gasteiger partial charge in [-0.1, -0.05) is 91.2 Å². The van der Waals surface area contributed by atoms with Gasteiger partial charge in [-0.3, -0.25) is 0 Å². The highest BCUT2D eigenvalue weighted by atomic mass is 28.4. The van der Waals surface area contributed by atoms with Crippen LogP contribution in [0.1, 0.15) is 113 Å². The molecule has 3 fully saturated rings. The molecule has 230 valence electrons. The van der Waals surface area contributed by atoms with E-state index in [0.717, 1.165) is 25.7 Å². The highest BCUT2D eigenvalue weighted by Crippen LogP contribution is 2.57. The van der Waals surface area contributed by atoms with Gasteiger partial charge < -0.3 is 14.0 Å². The maximum Gasteiger partial charge on any atom is 0.193 e. The molecular formula is C35H64O3Si2. The predicted octanol–water partition coefficient (Wildman–Crippen LogP) is 9.73. The van der Waals surface area contributed by atoms with Crippen LogP contribution in [0.4, 0.5) is 0 Å². The fourth-order valence-corrected chi connectivity index (χ4v) is 9.41. The third kappa shape index (κ3) is 7.96. The number of hydrogen-bond acceptors (Lipinski definition) is 3. The van der Waals surface area contributed by atoms with Crippen LogP contribution in [0, 0.1) is 41.4 Å². The molecule has 3 aliphatic carbocycles. The molecule has 0 spiro atoms. The van der Waals surface area contributed by atoms with Crippen molar-refractivity contribution in [1.29, 1.82) is 0 Å². The summed E-state index contributed by atoms with van der Waals surface area (Å²) in [5, 5.41) is 9.59. The number of unbranched alkanes of at least 4 members (excludes halogenated alkanes) is 2. The molecule has 1 N–H and O–H groups in total. The molecule has 3 aliphatic rings. The summed E-state index contributed by atoms with van der Waals surface area (Å²) in [7, 11) is -3.85. The van der Waals surface area contributed by atoms with Gasteiger partial charge in [-0.05, 0) is 105 Å². The van der Waals surface area contributed by atoms with E-state index in [4.69, 9.17) is 8.85 Å². The standard InChI is InChI=1S/C35H64O3Si2/c1-26-28(20-16-13-17-25-36)29-21-24-32(38-40(10,11)35(5,6)7)30(33(26)29)22-23-31(27-18-14-12-15-19-27)37-39(8,9)34(2,3)4/h20,26-27,29-33,36H,12-19,21,24-25H2,1-11H3/t26?,29-,30+,31?,32-,33+/m1/s1. The van der Waals surface area contributed by atoms with E-state index < -0.39 is 16.6 Å². The largest absolute Gasteiger partial charge is 0.413 e. The van der Waals surface area contributed by atoms with Gasteiger partial charge in [0.2, 0.25) is 0 Å². The van der Waals surface area contributed by atoms with E-state index in [1.807, 2.05) is 0 Å². The molecule has 0 aliphatic heterocycles. The van der Waals surface area contributed by atoms with Gasteiger partial charge in [0.15, 0.2) is 16.6 Å². The number of allylic oxidation sites excluding steroid dienone is 2. The Morgan fingerprint density at radius 2 is 1.52 bits per heavy atom. The van der Waals surface area contributed by atoms with E-state index in [9.17, 15) is 5.11 Å². The van der Waals surface area contributed by atoms with Gasteiger partial charge in [0.1, 0.15) is 6.10 Å². The van der Waals surface area contributed by atoms with Gasteiger partial charge in [0.25, 0.3) is 0 Å². The lowest BCUT2D eigenvalue weighted by molar-refractivity contribution is -0.00749. The molecule has 3 saturated carbocycles. The van der Waals surface area contributed by atoms with Gasteiger partial charge in [0, 0.05) is 12.5 Å². The molecule has 40 heavy (non-hydrogen) atoms. The van der Waals surface area contributed by atoms with Gasteiger partial charge in [0.05, 0.1) is 6.10 Å². The fraction of sp³-hybridized carbons (Fsp3) is 0.886. The van der Waals surface area contributed by atoms with E-state index in [0.29, 0.717) is 30.3 Å². The average Bonchev–Trinajstić information content (AvgIpc) is 2.85. The van der Waals surface area contributed by atoms with Crippen LogP contribution in [0.15, 0.2) is 11.6 Å². The van der Waals surface area contributed by atoms with E-state index in [1.54, 1.807) is 5.57 Å². The van der Waals surface area contributed by atoms with E-state index in [2.05, 4.69) is 92.6 Å². The fourth-order valence-electron chi connectivity index (χ4n) is 6.80. The molecule has 0 saturated heterocycles. The van der Waals surface area contributed by atoms with Crippen molar-refractivity contribution in [2.45, 2.75) is 161 Å². The molecular weight excluding hydrogens is 525 g/mol. The molecule has 0 amide bonds. The Labute approximate surface area is 250 Å². The predicted molar refractivity (Wildman–Crippen MR) is 176 cm³/mol. The zero-order valence-electron chi connectivity index (χ0n) is 28.2. The quantitative estimate of drug-likeness (QED) is 0.126. The van der Waals surface area contributed by atoms with Crippen molar-refractivity contribution >= 4 is 16.6 Å². The number of aliphatic hydroxyl groups excluding tert-OH is 1. The summed E-state index contributed by atoms with van der Waals surface area (Å²) in [6.45, 7) is 26.5. The summed E-state index contributed by atoms with van der Waals surface area (Å²) in [5.74, 6) is 10.5. The van der Waals surface area contributed by atoms with Gasteiger partial charge in [-0.15, -0.1) is 0 Å². The Kier molecular flexibility index (Phi) is 11.5. The zero-order valence-corrected chi connectivity index (χ0v) is 30.2. The third-order valence-electron chi connectivity index (χ3n) is 11.5. The summed E-state index contributed by atoms with van der Waals surface area (Å²) in [5.41, 5.74) is 1.65. The first-order valence-electron chi connectivity index (χ1n) is 16.7. The van der Waals surface area contributed by atoms with Gasteiger partial charge in [-0.25, -0.2) is 0 Å². The number of rotatable bonds is 9. The van der Waals surface area contributed by atoms with E-state index >= 15 is 0 Å². The van der Waals surface area contributed by atoms with Crippen LogP contribution in [0.2, 0.25) is 36.3 Å². The first-order chi connectivity index (χ1) is 18.5. The van der Waals surface area contributed by atoms with Crippen molar-refractivity contribution in [3.8, 4) is 11.8 Å². The molecule has 0 aromatic heterocycles. The summed E-state index contributed by atoms with van der Waals surface area (Å²) < 4.78 is 14.3. The summed E-state index contributed by atoms with van der Waals surface area (Å²) in [6.07, 6.45) is 14.7. The van der Waals surface area contributed by atoms with Crippen molar-refractivity contribution in [3.63, 3.8) is 0 Å². The Morgan fingerprint density at radius 1 is 0.900 bits per heavy atom. The van der Waals surface area contributed by atoms with Crippen molar-refractivity contribution < 1.29 is 14.0 Å². The van der Waals surface area contributed by atoms with Gasteiger partial charge in [-0.2, -0.15) is 0 Å².